The summed E-state index contributed by atoms with van der Waals surface area (Å²) in [5.74, 6) is 0.339. The van der Waals surface area contributed by atoms with Gasteiger partial charge in [-0.25, -0.2) is 4.98 Å². The van der Waals surface area contributed by atoms with Crippen LogP contribution in [-0.4, -0.2) is 4.98 Å². The Labute approximate surface area is 131 Å². The van der Waals surface area contributed by atoms with E-state index in [1.54, 1.807) is 11.3 Å². The third-order valence-electron chi connectivity index (χ3n) is 1.54. The predicted molar refractivity (Wildman–Crippen MR) is 72.2 cm³/mol. The first kappa shape index (κ1) is 22.0. The van der Waals surface area contributed by atoms with Gasteiger partial charge in [-0.1, -0.05) is 34.1 Å². The molecule has 0 aliphatic rings. The standard InChI is InChI=1S/C9H13NS.2C2H6.Y/c1-4-5-7(2)9-10-8(3)6-11-9;2*1-2;/h6-7H,1-2,4-5H2,3H3;2*1-2H3;/q-2;;;. The summed E-state index contributed by atoms with van der Waals surface area (Å²) in [7, 11) is 0. The molecule has 0 saturated carbocycles. The first-order valence-corrected chi connectivity index (χ1v) is 6.66. The fourth-order valence-electron chi connectivity index (χ4n) is 0.930. The van der Waals surface area contributed by atoms with E-state index in [9.17, 15) is 0 Å². The van der Waals surface area contributed by atoms with Gasteiger partial charge in [-0.05, 0) is 6.92 Å². The van der Waals surface area contributed by atoms with Crippen LogP contribution < -0.4 is 0 Å². The first-order chi connectivity index (χ1) is 7.24. The second-order valence-electron chi connectivity index (χ2n) is 2.67. The van der Waals surface area contributed by atoms with Gasteiger partial charge < -0.3 is 13.8 Å². The Balaban J connectivity index is -0.000000305. The molecule has 16 heavy (non-hydrogen) atoms. The van der Waals surface area contributed by atoms with Crippen LogP contribution in [0, 0.1) is 20.8 Å². The van der Waals surface area contributed by atoms with E-state index < -0.39 is 0 Å². The summed E-state index contributed by atoms with van der Waals surface area (Å²) in [4.78, 5) is 4.36. The summed E-state index contributed by atoms with van der Waals surface area (Å²) in [6.07, 6.45) is 1.97. The van der Waals surface area contributed by atoms with Crippen molar-refractivity contribution in [3.05, 3.63) is 29.9 Å². The van der Waals surface area contributed by atoms with E-state index >= 15 is 0 Å². The van der Waals surface area contributed by atoms with Crippen molar-refractivity contribution in [3.63, 3.8) is 0 Å². The van der Waals surface area contributed by atoms with Crippen molar-refractivity contribution in [2.24, 2.45) is 0 Å². The minimum atomic E-state index is 0. The second-order valence-corrected chi connectivity index (χ2v) is 3.56. The molecule has 0 aliphatic carbocycles. The zero-order valence-electron chi connectivity index (χ0n) is 11.4. The molecule has 1 radical (unpaired) electrons. The van der Waals surface area contributed by atoms with Gasteiger partial charge in [0.25, 0.3) is 0 Å². The summed E-state index contributed by atoms with van der Waals surface area (Å²) < 4.78 is 0. The van der Waals surface area contributed by atoms with Crippen molar-refractivity contribution in [2.75, 3.05) is 0 Å². The number of nitrogens with zero attached hydrogens (tertiary/aromatic N) is 1. The van der Waals surface area contributed by atoms with E-state index in [2.05, 4.69) is 24.2 Å². The van der Waals surface area contributed by atoms with Crippen molar-refractivity contribution >= 4 is 11.3 Å². The third-order valence-corrected chi connectivity index (χ3v) is 2.66. The van der Waals surface area contributed by atoms with E-state index in [4.69, 9.17) is 0 Å². The normalized spacial score (nSPS) is 9.94. The molecule has 3 heteroatoms. The van der Waals surface area contributed by atoms with Gasteiger partial charge >= 0.3 is 0 Å². The number of hydrogen-bond acceptors (Lipinski definition) is 2. The molecular formula is C13H25NSY-2. The van der Waals surface area contributed by atoms with Gasteiger partial charge in [0, 0.05) is 43.8 Å². The molecule has 0 saturated heterocycles. The summed E-state index contributed by atoms with van der Waals surface area (Å²) in [5.41, 5.74) is 1.10. The molecule has 1 unspecified atom stereocenters. The molecule has 0 bridgehead atoms. The number of aromatic nitrogens is 1. The molecule has 0 aromatic carbocycles. The van der Waals surface area contributed by atoms with Crippen LogP contribution >= 0.6 is 11.3 Å². The van der Waals surface area contributed by atoms with Gasteiger partial charge in [0.15, 0.2) is 0 Å². The fraction of sp³-hybridized carbons (Fsp3) is 0.615. The van der Waals surface area contributed by atoms with Crippen LogP contribution in [0.15, 0.2) is 5.38 Å². The van der Waals surface area contributed by atoms with E-state index in [0.29, 0.717) is 5.92 Å². The maximum Gasteiger partial charge on any atom is 0.0659 e. The largest absolute Gasteiger partial charge is 0.343 e. The van der Waals surface area contributed by atoms with Crippen LogP contribution in [0.3, 0.4) is 0 Å². The van der Waals surface area contributed by atoms with Gasteiger partial charge in [-0.2, -0.15) is 6.42 Å². The van der Waals surface area contributed by atoms with Gasteiger partial charge in [0.2, 0.25) is 0 Å². The summed E-state index contributed by atoms with van der Waals surface area (Å²) in [6.45, 7) is 17.8. The zero-order valence-corrected chi connectivity index (χ0v) is 15.1. The summed E-state index contributed by atoms with van der Waals surface area (Å²) in [6, 6.07) is 0. The topological polar surface area (TPSA) is 12.9 Å². The summed E-state index contributed by atoms with van der Waals surface area (Å²) in [5, 5.41) is 3.21. The van der Waals surface area contributed by atoms with Crippen molar-refractivity contribution in [1.82, 2.24) is 4.98 Å². The van der Waals surface area contributed by atoms with Gasteiger partial charge in [0.05, 0.1) is 5.01 Å². The minimum Gasteiger partial charge on any atom is -0.343 e. The van der Waals surface area contributed by atoms with Crippen molar-refractivity contribution in [2.45, 2.75) is 53.4 Å². The fourth-order valence-corrected chi connectivity index (χ4v) is 1.78. The quantitative estimate of drug-likeness (QED) is 0.712. The zero-order chi connectivity index (χ0) is 12.3. The Hall–Kier alpha value is 0.734. The van der Waals surface area contributed by atoms with E-state index in [1.807, 2.05) is 34.6 Å². The molecule has 1 rings (SSSR count). The van der Waals surface area contributed by atoms with Crippen LogP contribution in [0.2, 0.25) is 0 Å². The molecule has 0 N–H and O–H groups in total. The SMILES string of the molecule is CC.CC.[CH2-]CCC([CH2-])c1nc(C)cs1.[Y]. The molecular weight excluding hydrogens is 291 g/mol. The third kappa shape index (κ3) is 9.92. The number of thiazole rings is 1. The molecule has 93 valence electrons. The van der Waals surface area contributed by atoms with Gasteiger partial charge in [-0.3, -0.25) is 0 Å². The molecule has 1 aromatic heterocycles. The van der Waals surface area contributed by atoms with Gasteiger partial charge in [0.1, 0.15) is 0 Å². The van der Waals surface area contributed by atoms with Crippen LogP contribution in [0.4, 0.5) is 0 Å². The van der Waals surface area contributed by atoms with Crippen LogP contribution in [-0.2, 0) is 32.7 Å². The minimum absolute atomic E-state index is 0. The van der Waals surface area contributed by atoms with Gasteiger partial charge in [-0.15, -0.1) is 17.3 Å². The average molecular weight is 316 g/mol. The van der Waals surface area contributed by atoms with Crippen LogP contribution in [0.5, 0.6) is 0 Å². The van der Waals surface area contributed by atoms with Crippen LogP contribution in [0.1, 0.15) is 57.2 Å². The molecule has 1 atom stereocenters. The second kappa shape index (κ2) is 15.7. The molecule has 1 nitrogen and oxygen atoms in total. The van der Waals surface area contributed by atoms with E-state index in [1.165, 1.54) is 0 Å². The Bertz CT molecular complexity index is 223. The number of hydrogen-bond donors (Lipinski definition) is 0. The van der Waals surface area contributed by atoms with Crippen molar-refractivity contribution in [1.29, 1.82) is 0 Å². The Kier molecular flexibility index (Phi) is 21.6. The van der Waals surface area contributed by atoms with E-state index in [-0.39, 0.29) is 32.7 Å². The summed E-state index contributed by atoms with van der Waals surface area (Å²) >= 11 is 1.70. The Morgan fingerprint density at radius 1 is 1.31 bits per heavy atom. The predicted octanol–water partition coefficient (Wildman–Crippen LogP) is 5.03. The molecule has 1 heterocycles. The van der Waals surface area contributed by atoms with E-state index in [0.717, 1.165) is 23.5 Å². The monoisotopic (exact) mass is 316 g/mol. The molecule has 0 aliphatic heterocycles. The maximum absolute atomic E-state index is 4.36. The van der Waals surface area contributed by atoms with Crippen LogP contribution in [0.25, 0.3) is 0 Å². The Morgan fingerprint density at radius 3 is 2.12 bits per heavy atom. The smallest absolute Gasteiger partial charge is 0.0659 e. The van der Waals surface area contributed by atoms with Crippen molar-refractivity contribution in [3.8, 4) is 0 Å². The maximum atomic E-state index is 4.36. The first-order valence-electron chi connectivity index (χ1n) is 5.78. The van der Waals surface area contributed by atoms with Crippen molar-refractivity contribution < 1.29 is 32.7 Å². The average Bonchev–Trinajstić information content (AvgIpc) is 2.71. The Morgan fingerprint density at radius 2 is 1.81 bits per heavy atom. The molecule has 0 spiro atoms. The number of rotatable bonds is 3. The molecule has 0 amide bonds. The molecule has 0 fully saturated rings. The number of aryl methyl sites for hydroxylation is 1. The molecule has 1 aromatic rings.